The standard InChI is InChI=1S/C26H26F3N5OS2/c1-4-5-20(21-10-11-22(37-21)25(35)30-14-23-31-33-34-32-23)36-19-12-15(2)24(16(3)13-19)17-6-8-18(9-7-17)26(27,28)29/h6-13,20H,4-5,14H2,1-3H3,(H,30,35)(H,31,32,33,34). The number of hydrogen-bond donors (Lipinski definition) is 2. The van der Waals surface area contributed by atoms with Crippen LogP contribution in [0, 0.1) is 13.8 Å². The number of rotatable bonds is 9. The second-order valence-electron chi connectivity index (χ2n) is 8.62. The fraction of sp³-hybridized carbons (Fsp3) is 0.308. The summed E-state index contributed by atoms with van der Waals surface area (Å²) in [5, 5.41) is 16.5. The number of tetrazole rings is 1. The van der Waals surface area contributed by atoms with Crippen LogP contribution in [-0.4, -0.2) is 26.5 Å². The van der Waals surface area contributed by atoms with Gasteiger partial charge < -0.3 is 5.32 Å². The number of aryl methyl sites for hydroxylation is 2. The minimum Gasteiger partial charge on any atom is -0.344 e. The first-order chi connectivity index (χ1) is 17.7. The molecule has 0 bridgehead atoms. The molecule has 2 heterocycles. The Bertz CT molecular complexity index is 1330. The SMILES string of the molecule is CCCC(Sc1cc(C)c(-c2ccc(C(F)(F)F)cc2)c(C)c1)c1ccc(C(=O)NCc2nn[nH]n2)s1. The van der Waals surface area contributed by atoms with E-state index in [1.54, 1.807) is 11.8 Å². The molecular formula is C26H26F3N5OS2. The van der Waals surface area contributed by atoms with Gasteiger partial charge in [-0.15, -0.1) is 33.3 Å². The van der Waals surface area contributed by atoms with Crippen LogP contribution < -0.4 is 5.32 Å². The number of aromatic nitrogens is 4. The molecule has 194 valence electrons. The Balaban J connectivity index is 1.50. The van der Waals surface area contributed by atoms with E-state index >= 15 is 0 Å². The third-order valence-corrected chi connectivity index (χ3v) is 8.43. The molecule has 0 fully saturated rings. The fourth-order valence-electron chi connectivity index (χ4n) is 4.11. The number of thioether (sulfide) groups is 1. The third-order valence-electron chi connectivity index (χ3n) is 5.80. The predicted octanol–water partition coefficient (Wildman–Crippen LogP) is 7.13. The summed E-state index contributed by atoms with van der Waals surface area (Å²) < 4.78 is 38.9. The van der Waals surface area contributed by atoms with Gasteiger partial charge in [0.1, 0.15) is 0 Å². The smallest absolute Gasteiger partial charge is 0.344 e. The number of nitrogens with zero attached hydrogens (tertiary/aromatic N) is 3. The lowest BCUT2D eigenvalue weighted by molar-refractivity contribution is -0.137. The van der Waals surface area contributed by atoms with Gasteiger partial charge in [-0.25, -0.2) is 0 Å². The number of benzene rings is 2. The number of thiophene rings is 1. The van der Waals surface area contributed by atoms with Crippen LogP contribution in [0.25, 0.3) is 11.1 Å². The monoisotopic (exact) mass is 545 g/mol. The first-order valence-electron chi connectivity index (χ1n) is 11.7. The van der Waals surface area contributed by atoms with E-state index in [-0.39, 0.29) is 17.7 Å². The van der Waals surface area contributed by atoms with E-state index in [0.29, 0.717) is 10.7 Å². The van der Waals surface area contributed by atoms with Crippen molar-refractivity contribution in [3.05, 3.63) is 80.8 Å². The molecule has 0 aliphatic heterocycles. The summed E-state index contributed by atoms with van der Waals surface area (Å²) in [4.78, 5) is 15.4. The molecular weight excluding hydrogens is 519 g/mol. The molecule has 6 nitrogen and oxygen atoms in total. The molecule has 2 N–H and O–H groups in total. The summed E-state index contributed by atoms with van der Waals surface area (Å²) in [5.74, 6) is 0.226. The molecule has 0 saturated carbocycles. The van der Waals surface area contributed by atoms with Gasteiger partial charge in [-0.3, -0.25) is 4.79 Å². The number of hydrogen-bond acceptors (Lipinski definition) is 6. The van der Waals surface area contributed by atoms with Crippen LogP contribution in [0.1, 0.15) is 62.1 Å². The third kappa shape index (κ3) is 6.58. The van der Waals surface area contributed by atoms with Gasteiger partial charge >= 0.3 is 6.18 Å². The number of nitrogens with one attached hydrogen (secondary N) is 2. The Morgan fingerprint density at radius 2 is 1.81 bits per heavy atom. The van der Waals surface area contributed by atoms with Gasteiger partial charge in [0.05, 0.1) is 17.0 Å². The average molecular weight is 546 g/mol. The summed E-state index contributed by atoms with van der Waals surface area (Å²) in [5.41, 5.74) is 3.07. The molecule has 0 aliphatic rings. The lowest BCUT2D eigenvalue weighted by Crippen LogP contribution is -2.22. The van der Waals surface area contributed by atoms with Crippen molar-refractivity contribution < 1.29 is 18.0 Å². The highest BCUT2D eigenvalue weighted by Crippen LogP contribution is 2.43. The summed E-state index contributed by atoms with van der Waals surface area (Å²) >= 11 is 3.21. The van der Waals surface area contributed by atoms with Crippen molar-refractivity contribution in [3.8, 4) is 11.1 Å². The van der Waals surface area contributed by atoms with E-state index in [2.05, 4.69) is 45.0 Å². The normalized spacial score (nSPS) is 12.5. The molecule has 4 rings (SSSR count). The molecule has 11 heteroatoms. The number of amides is 1. The molecule has 37 heavy (non-hydrogen) atoms. The van der Waals surface area contributed by atoms with Crippen molar-refractivity contribution in [2.24, 2.45) is 0 Å². The number of halogens is 3. The lowest BCUT2D eigenvalue weighted by atomic mass is 9.95. The number of aromatic amines is 1. The van der Waals surface area contributed by atoms with Crippen LogP contribution in [0.5, 0.6) is 0 Å². The fourth-order valence-corrected chi connectivity index (χ4v) is 6.71. The minimum atomic E-state index is -4.35. The first kappa shape index (κ1) is 26.9. The van der Waals surface area contributed by atoms with E-state index in [1.807, 2.05) is 26.0 Å². The van der Waals surface area contributed by atoms with E-state index in [0.717, 1.165) is 57.0 Å². The molecule has 2 aromatic heterocycles. The Hall–Kier alpha value is -3.18. The van der Waals surface area contributed by atoms with E-state index < -0.39 is 11.7 Å². The Morgan fingerprint density at radius 3 is 2.41 bits per heavy atom. The zero-order valence-corrected chi connectivity index (χ0v) is 22.2. The maximum Gasteiger partial charge on any atom is 0.416 e. The Labute approximate surface area is 221 Å². The summed E-state index contributed by atoms with van der Waals surface area (Å²) in [6.45, 7) is 6.29. The zero-order valence-electron chi connectivity index (χ0n) is 20.5. The van der Waals surface area contributed by atoms with Crippen molar-refractivity contribution in [2.45, 2.75) is 56.5 Å². The topological polar surface area (TPSA) is 83.6 Å². The van der Waals surface area contributed by atoms with Gasteiger partial charge in [-0.2, -0.15) is 18.4 Å². The summed E-state index contributed by atoms with van der Waals surface area (Å²) in [7, 11) is 0. The Morgan fingerprint density at radius 1 is 1.11 bits per heavy atom. The molecule has 1 unspecified atom stereocenters. The molecule has 0 aliphatic carbocycles. The first-order valence-corrected chi connectivity index (χ1v) is 13.4. The highest BCUT2D eigenvalue weighted by Gasteiger charge is 2.30. The quantitative estimate of drug-likeness (QED) is 0.219. The highest BCUT2D eigenvalue weighted by molar-refractivity contribution is 7.99. The number of alkyl halides is 3. The van der Waals surface area contributed by atoms with Crippen molar-refractivity contribution in [1.29, 1.82) is 0 Å². The second kappa shape index (κ2) is 11.5. The van der Waals surface area contributed by atoms with Crippen LogP contribution in [0.4, 0.5) is 13.2 Å². The van der Waals surface area contributed by atoms with Gasteiger partial charge in [0.15, 0.2) is 5.82 Å². The molecule has 1 atom stereocenters. The largest absolute Gasteiger partial charge is 0.416 e. The van der Waals surface area contributed by atoms with Crippen molar-refractivity contribution >= 4 is 29.0 Å². The highest BCUT2D eigenvalue weighted by atomic mass is 32.2. The van der Waals surface area contributed by atoms with Crippen LogP contribution in [-0.2, 0) is 12.7 Å². The predicted molar refractivity (Wildman–Crippen MR) is 140 cm³/mol. The molecule has 0 saturated heterocycles. The number of carbonyl (C=O) groups is 1. The van der Waals surface area contributed by atoms with Gasteiger partial charge in [-0.1, -0.05) is 30.7 Å². The van der Waals surface area contributed by atoms with Crippen LogP contribution >= 0.6 is 23.1 Å². The summed E-state index contributed by atoms with van der Waals surface area (Å²) in [6.07, 6.45) is -2.43. The van der Waals surface area contributed by atoms with Crippen LogP contribution in [0.15, 0.2) is 53.4 Å². The van der Waals surface area contributed by atoms with Gasteiger partial charge in [0, 0.05) is 15.0 Å². The number of H-pyrrole nitrogens is 1. The minimum absolute atomic E-state index is 0.171. The number of carbonyl (C=O) groups excluding carboxylic acids is 1. The average Bonchev–Trinajstić information content (AvgIpc) is 3.54. The van der Waals surface area contributed by atoms with Crippen molar-refractivity contribution in [2.75, 3.05) is 0 Å². The van der Waals surface area contributed by atoms with Gasteiger partial charge in [0.25, 0.3) is 5.91 Å². The Kier molecular flexibility index (Phi) is 8.33. The maximum atomic E-state index is 13.0. The molecule has 1 amide bonds. The van der Waals surface area contributed by atoms with Gasteiger partial charge in [-0.05, 0) is 78.9 Å². The van der Waals surface area contributed by atoms with E-state index in [9.17, 15) is 18.0 Å². The molecule has 4 aromatic rings. The summed E-state index contributed by atoms with van der Waals surface area (Å²) in [6, 6.07) is 13.3. The maximum absolute atomic E-state index is 13.0. The molecule has 2 aromatic carbocycles. The van der Waals surface area contributed by atoms with E-state index in [4.69, 9.17) is 0 Å². The molecule has 0 spiro atoms. The second-order valence-corrected chi connectivity index (χ2v) is 11.0. The van der Waals surface area contributed by atoms with Gasteiger partial charge in [0.2, 0.25) is 0 Å². The van der Waals surface area contributed by atoms with Crippen LogP contribution in [0.2, 0.25) is 0 Å². The van der Waals surface area contributed by atoms with Crippen LogP contribution in [0.3, 0.4) is 0 Å². The van der Waals surface area contributed by atoms with E-state index in [1.165, 1.54) is 23.5 Å². The lowest BCUT2D eigenvalue weighted by Gasteiger charge is -2.18. The molecule has 0 radical (unpaired) electrons. The zero-order chi connectivity index (χ0) is 26.6. The van der Waals surface area contributed by atoms with Crippen molar-refractivity contribution in [1.82, 2.24) is 25.9 Å². The van der Waals surface area contributed by atoms with Crippen molar-refractivity contribution in [3.63, 3.8) is 0 Å².